The standard InChI is InChI=1S/C24H17ClF3N7O/c1-15(21-32-14-33-35(21)23-30-7-2-8-31-23)34(13-17-5-3-16(12-29)4-6-17)22(36)18-9-19(24(26,27)28)11-20(25)10-18/h2-11,14-15H,13H2,1H3. The number of aromatic nitrogens is 5. The predicted octanol–water partition coefficient (Wildman–Crippen LogP) is 5.00. The van der Waals surface area contributed by atoms with Crippen LogP contribution in [0, 0.1) is 11.3 Å². The van der Waals surface area contributed by atoms with Crippen LogP contribution in [0.5, 0.6) is 0 Å². The first-order valence-corrected chi connectivity index (χ1v) is 10.9. The second-order valence-electron chi connectivity index (χ2n) is 7.72. The Kier molecular flexibility index (Phi) is 6.98. The van der Waals surface area contributed by atoms with Crippen LogP contribution in [0.4, 0.5) is 13.2 Å². The zero-order valence-electron chi connectivity index (χ0n) is 18.7. The minimum Gasteiger partial charge on any atom is -0.324 e. The van der Waals surface area contributed by atoms with Crippen molar-refractivity contribution in [2.75, 3.05) is 0 Å². The molecular formula is C24H17ClF3N7O. The van der Waals surface area contributed by atoms with Crippen LogP contribution in [-0.4, -0.2) is 35.5 Å². The molecule has 4 rings (SSSR count). The smallest absolute Gasteiger partial charge is 0.324 e. The molecule has 0 radical (unpaired) electrons. The van der Waals surface area contributed by atoms with E-state index in [1.54, 1.807) is 37.3 Å². The molecule has 0 spiro atoms. The average molecular weight is 512 g/mol. The second-order valence-corrected chi connectivity index (χ2v) is 8.16. The number of amides is 1. The van der Waals surface area contributed by atoms with Crippen molar-refractivity contribution in [1.29, 1.82) is 5.26 Å². The highest BCUT2D eigenvalue weighted by Crippen LogP contribution is 2.33. The van der Waals surface area contributed by atoms with E-state index in [4.69, 9.17) is 16.9 Å². The number of nitriles is 1. The molecule has 0 aliphatic heterocycles. The summed E-state index contributed by atoms with van der Waals surface area (Å²) in [6.07, 6.45) is -0.381. The van der Waals surface area contributed by atoms with Crippen LogP contribution in [0.25, 0.3) is 5.95 Å². The van der Waals surface area contributed by atoms with Crippen molar-refractivity contribution in [2.45, 2.75) is 25.7 Å². The summed E-state index contributed by atoms with van der Waals surface area (Å²) in [6.45, 7) is 1.67. The van der Waals surface area contributed by atoms with Gasteiger partial charge in [0.05, 0.1) is 23.2 Å². The molecule has 4 aromatic rings. The maximum atomic E-state index is 13.6. The summed E-state index contributed by atoms with van der Waals surface area (Å²) in [4.78, 5) is 27.6. The number of benzene rings is 2. The lowest BCUT2D eigenvalue weighted by molar-refractivity contribution is -0.137. The van der Waals surface area contributed by atoms with E-state index in [1.807, 2.05) is 6.07 Å². The molecule has 36 heavy (non-hydrogen) atoms. The van der Waals surface area contributed by atoms with E-state index >= 15 is 0 Å². The van der Waals surface area contributed by atoms with Crippen LogP contribution in [0.1, 0.15) is 45.8 Å². The Morgan fingerprint density at radius 3 is 2.47 bits per heavy atom. The summed E-state index contributed by atoms with van der Waals surface area (Å²) < 4.78 is 41.6. The normalized spacial score (nSPS) is 12.1. The first kappa shape index (κ1) is 24.8. The number of nitrogens with zero attached hydrogens (tertiary/aromatic N) is 7. The van der Waals surface area contributed by atoms with Crippen LogP contribution < -0.4 is 0 Å². The average Bonchev–Trinajstić information content (AvgIpc) is 3.36. The highest BCUT2D eigenvalue weighted by molar-refractivity contribution is 6.31. The van der Waals surface area contributed by atoms with Gasteiger partial charge in [0.2, 0.25) is 0 Å². The third-order valence-corrected chi connectivity index (χ3v) is 5.54. The lowest BCUT2D eigenvalue weighted by Crippen LogP contribution is -2.35. The van der Waals surface area contributed by atoms with Crippen molar-refractivity contribution < 1.29 is 18.0 Å². The van der Waals surface area contributed by atoms with Crippen molar-refractivity contribution in [2.24, 2.45) is 0 Å². The van der Waals surface area contributed by atoms with Crippen molar-refractivity contribution in [3.8, 4) is 12.0 Å². The minimum absolute atomic E-state index is 0.00206. The second kappa shape index (κ2) is 10.1. The van der Waals surface area contributed by atoms with Gasteiger partial charge in [0, 0.05) is 29.5 Å². The lowest BCUT2D eigenvalue weighted by atomic mass is 10.1. The number of hydrogen-bond acceptors (Lipinski definition) is 6. The Morgan fingerprint density at radius 2 is 1.83 bits per heavy atom. The number of carbonyl (C=O) groups is 1. The van der Waals surface area contributed by atoms with Gasteiger partial charge in [0.15, 0.2) is 5.82 Å². The maximum Gasteiger partial charge on any atom is 0.416 e. The summed E-state index contributed by atoms with van der Waals surface area (Å²) >= 11 is 5.94. The van der Waals surface area contributed by atoms with Gasteiger partial charge in [0.25, 0.3) is 11.9 Å². The first-order valence-electron chi connectivity index (χ1n) is 10.5. The molecule has 0 aliphatic carbocycles. The summed E-state index contributed by atoms with van der Waals surface area (Å²) in [5.41, 5.74) is -0.202. The molecule has 182 valence electrons. The number of halogens is 4. The molecule has 0 fully saturated rings. The van der Waals surface area contributed by atoms with Crippen molar-refractivity contribution >= 4 is 17.5 Å². The van der Waals surface area contributed by atoms with Gasteiger partial charge in [-0.05, 0) is 48.9 Å². The summed E-state index contributed by atoms with van der Waals surface area (Å²) in [6, 6.07) is 12.1. The molecule has 1 amide bonds. The molecule has 2 heterocycles. The molecule has 0 saturated heterocycles. The summed E-state index contributed by atoms with van der Waals surface area (Å²) in [7, 11) is 0. The van der Waals surface area contributed by atoms with Gasteiger partial charge in [-0.2, -0.15) is 28.2 Å². The Balaban J connectivity index is 1.77. The van der Waals surface area contributed by atoms with Crippen LogP contribution in [0.15, 0.2) is 67.3 Å². The Hall–Kier alpha value is -4.30. The Labute approximate surface area is 208 Å². The molecule has 0 saturated carbocycles. The van der Waals surface area contributed by atoms with Gasteiger partial charge in [-0.25, -0.2) is 15.0 Å². The molecule has 1 atom stereocenters. The monoisotopic (exact) mass is 511 g/mol. The number of rotatable bonds is 6. The fraction of sp³-hybridized carbons (Fsp3) is 0.167. The van der Waals surface area contributed by atoms with E-state index in [0.717, 1.165) is 12.1 Å². The Morgan fingerprint density at radius 1 is 1.14 bits per heavy atom. The summed E-state index contributed by atoms with van der Waals surface area (Å²) in [5.74, 6) is -0.200. The summed E-state index contributed by atoms with van der Waals surface area (Å²) in [5, 5.41) is 13.0. The van der Waals surface area contributed by atoms with E-state index in [-0.39, 0.29) is 23.1 Å². The largest absolute Gasteiger partial charge is 0.416 e. The van der Waals surface area contributed by atoms with Crippen molar-refractivity contribution in [1.82, 2.24) is 29.6 Å². The van der Waals surface area contributed by atoms with E-state index in [1.165, 1.54) is 34.4 Å². The van der Waals surface area contributed by atoms with Crippen LogP contribution in [0.3, 0.4) is 0 Å². The zero-order valence-corrected chi connectivity index (χ0v) is 19.4. The fourth-order valence-corrected chi connectivity index (χ4v) is 3.77. The molecular weight excluding hydrogens is 495 g/mol. The zero-order chi connectivity index (χ0) is 25.9. The topological polar surface area (TPSA) is 101 Å². The van der Waals surface area contributed by atoms with Crippen LogP contribution in [-0.2, 0) is 12.7 Å². The van der Waals surface area contributed by atoms with Gasteiger partial charge in [-0.15, -0.1) is 0 Å². The van der Waals surface area contributed by atoms with Crippen LogP contribution in [0.2, 0.25) is 5.02 Å². The maximum absolute atomic E-state index is 13.6. The van der Waals surface area contributed by atoms with E-state index < -0.39 is 23.7 Å². The van der Waals surface area contributed by atoms with E-state index in [0.29, 0.717) is 17.0 Å². The van der Waals surface area contributed by atoms with E-state index in [9.17, 15) is 18.0 Å². The molecule has 1 unspecified atom stereocenters. The van der Waals surface area contributed by atoms with Crippen molar-refractivity contribution in [3.63, 3.8) is 0 Å². The van der Waals surface area contributed by atoms with Gasteiger partial charge in [-0.1, -0.05) is 23.7 Å². The minimum atomic E-state index is -4.69. The SMILES string of the molecule is CC(c1ncnn1-c1ncccn1)N(Cc1ccc(C#N)cc1)C(=O)c1cc(Cl)cc(C(F)(F)F)c1. The highest BCUT2D eigenvalue weighted by Gasteiger charge is 2.33. The third kappa shape index (κ3) is 5.34. The van der Waals surface area contributed by atoms with E-state index in [2.05, 4.69) is 20.1 Å². The molecule has 12 heteroatoms. The highest BCUT2D eigenvalue weighted by atomic mass is 35.5. The van der Waals surface area contributed by atoms with Crippen LogP contribution >= 0.6 is 11.6 Å². The fourth-order valence-electron chi connectivity index (χ4n) is 3.54. The lowest BCUT2D eigenvalue weighted by Gasteiger charge is -2.29. The number of alkyl halides is 3. The molecule has 2 aromatic carbocycles. The molecule has 0 N–H and O–H groups in total. The predicted molar refractivity (Wildman–Crippen MR) is 123 cm³/mol. The van der Waals surface area contributed by atoms with Gasteiger partial charge < -0.3 is 4.90 Å². The first-order chi connectivity index (χ1) is 17.2. The van der Waals surface area contributed by atoms with Gasteiger partial charge in [0.1, 0.15) is 6.33 Å². The number of carbonyl (C=O) groups excluding carboxylic acids is 1. The number of hydrogen-bond donors (Lipinski definition) is 0. The molecule has 2 aromatic heterocycles. The van der Waals surface area contributed by atoms with Gasteiger partial charge in [-0.3, -0.25) is 4.79 Å². The molecule has 0 aliphatic rings. The molecule has 0 bridgehead atoms. The third-order valence-electron chi connectivity index (χ3n) is 5.33. The Bertz CT molecular complexity index is 1420. The quantitative estimate of drug-likeness (QED) is 0.361. The van der Waals surface area contributed by atoms with Crippen molar-refractivity contribution in [3.05, 3.63) is 100 Å². The molecule has 8 nitrogen and oxygen atoms in total. The van der Waals surface area contributed by atoms with Gasteiger partial charge >= 0.3 is 6.18 Å².